The Bertz CT molecular complexity index is 825. The fourth-order valence-electron chi connectivity index (χ4n) is 2.77. The third-order valence-electron chi connectivity index (χ3n) is 4.27. The molecular weight excluding hydrogens is 348 g/mol. The van der Waals surface area contributed by atoms with E-state index in [1.54, 1.807) is 39.4 Å². The van der Waals surface area contributed by atoms with Gasteiger partial charge in [-0.15, -0.1) is 0 Å². The first-order valence-electron chi connectivity index (χ1n) is 8.73. The van der Waals surface area contributed by atoms with E-state index in [0.717, 1.165) is 17.0 Å². The minimum atomic E-state index is -0.420. The summed E-state index contributed by atoms with van der Waals surface area (Å²) in [6.07, 6.45) is 2.06. The van der Waals surface area contributed by atoms with E-state index in [-0.39, 0.29) is 18.6 Å². The Hall–Kier alpha value is -3.09. The molecular formula is C20H22N2O5. The van der Waals surface area contributed by atoms with Gasteiger partial charge >= 0.3 is 5.97 Å². The normalized spacial score (nSPS) is 16.4. The molecule has 142 valence electrons. The van der Waals surface area contributed by atoms with Gasteiger partial charge in [0.1, 0.15) is 17.6 Å². The molecule has 1 aliphatic rings. The van der Waals surface area contributed by atoms with Gasteiger partial charge in [-0.25, -0.2) is 5.01 Å². The van der Waals surface area contributed by atoms with E-state index >= 15 is 0 Å². The van der Waals surface area contributed by atoms with Crippen LogP contribution in [-0.4, -0.2) is 36.3 Å². The molecule has 0 spiro atoms. The number of furan rings is 1. The van der Waals surface area contributed by atoms with Crippen molar-refractivity contribution in [3.63, 3.8) is 0 Å². The molecule has 0 saturated heterocycles. The standard InChI is InChI=1S/C20H22N2O5/c1-13(2)20(24)27-12-19(23)22-17(18-5-4-10-26-18)11-16(21-22)14-6-8-15(25-3)9-7-14/h4-10,13,17H,11-12H2,1-3H3/t17-/m0/s1. The van der Waals surface area contributed by atoms with Crippen molar-refractivity contribution in [3.8, 4) is 5.75 Å². The van der Waals surface area contributed by atoms with Crippen molar-refractivity contribution in [3.05, 3.63) is 54.0 Å². The third-order valence-corrected chi connectivity index (χ3v) is 4.27. The molecule has 0 unspecified atom stereocenters. The molecule has 27 heavy (non-hydrogen) atoms. The van der Waals surface area contributed by atoms with Gasteiger partial charge in [-0.1, -0.05) is 13.8 Å². The molecule has 1 atom stereocenters. The van der Waals surface area contributed by atoms with Gasteiger partial charge in [0.05, 0.1) is 25.0 Å². The highest BCUT2D eigenvalue weighted by molar-refractivity contribution is 6.03. The highest BCUT2D eigenvalue weighted by Gasteiger charge is 2.35. The van der Waals surface area contributed by atoms with Crippen molar-refractivity contribution in [2.75, 3.05) is 13.7 Å². The Kier molecular flexibility index (Phi) is 5.59. The Labute approximate surface area is 157 Å². The van der Waals surface area contributed by atoms with E-state index < -0.39 is 11.9 Å². The smallest absolute Gasteiger partial charge is 0.308 e. The first kappa shape index (κ1) is 18.7. The number of amides is 1. The Morgan fingerprint density at radius 3 is 2.59 bits per heavy atom. The van der Waals surface area contributed by atoms with E-state index in [4.69, 9.17) is 13.9 Å². The molecule has 1 amide bonds. The summed E-state index contributed by atoms with van der Waals surface area (Å²) in [5.41, 5.74) is 1.64. The summed E-state index contributed by atoms with van der Waals surface area (Å²) >= 11 is 0. The van der Waals surface area contributed by atoms with Crippen molar-refractivity contribution in [2.45, 2.75) is 26.3 Å². The zero-order valence-electron chi connectivity index (χ0n) is 15.5. The minimum absolute atomic E-state index is 0.296. The van der Waals surface area contributed by atoms with E-state index in [2.05, 4.69) is 5.10 Å². The minimum Gasteiger partial charge on any atom is -0.497 e. The number of hydrazone groups is 1. The zero-order chi connectivity index (χ0) is 19.4. The quantitative estimate of drug-likeness (QED) is 0.730. The molecule has 0 N–H and O–H groups in total. The van der Waals surface area contributed by atoms with Crippen LogP contribution in [0.3, 0.4) is 0 Å². The van der Waals surface area contributed by atoms with Gasteiger partial charge < -0.3 is 13.9 Å². The lowest BCUT2D eigenvalue weighted by molar-refractivity contribution is -0.155. The average molecular weight is 370 g/mol. The average Bonchev–Trinajstić information content (AvgIpc) is 3.35. The maximum atomic E-state index is 12.6. The largest absolute Gasteiger partial charge is 0.497 e. The predicted molar refractivity (Wildman–Crippen MR) is 98.2 cm³/mol. The van der Waals surface area contributed by atoms with Gasteiger partial charge in [-0.3, -0.25) is 9.59 Å². The topological polar surface area (TPSA) is 81.3 Å². The molecule has 0 radical (unpaired) electrons. The van der Waals surface area contributed by atoms with E-state index in [1.165, 1.54) is 5.01 Å². The van der Waals surface area contributed by atoms with Gasteiger partial charge in [-0.2, -0.15) is 5.10 Å². The number of ether oxygens (including phenoxy) is 2. The fraction of sp³-hybridized carbons (Fsp3) is 0.350. The van der Waals surface area contributed by atoms with E-state index in [0.29, 0.717) is 12.2 Å². The highest BCUT2D eigenvalue weighted by atomic mass is 16.5. The first-order chi connectivity index (χ1) is 13.0. The molecule has 2 heterocycles. The second-order valence-corrected chi connectivity index (χ2v) is 6.51. The summed E-state index contributed by atoms with van der Waals surface area (Å²) < 4.78 is 15.7. The number of hydrogen-bond acceptors (Lipinski definition) is 6. The Balaban J connectivity index is 1.81. The highest BCUT2D eigenvalue weighted by Crippen LogP contribution is 2.33. The summed E-state index contributed by atoms with van der Waals surface area (Å²) in [7, 11) is 1.61. The van der Waals surface area contributed by atoms with Crippen LogP contribution in [0.1, 0.15) is 37.6 Å². The van der Waals surface area contributed by atoms with Crippen LogP contribution in [0.4, 0.5) is 0 Å². The van der Waals surface area contributed by atoms with Crippen LogP contribution in [0.15, 0.2) is 52.2 Å². The lowest BCUT2D eigenvalue weighted by atomic mass is 10.0. The van der Waals surface area contributed by atoms with Crippen LogP contribution in [0.2, 0.25) is 0 Å². The second kappa shape index (κ2) is 8.07. The summed E-state index contributed by atoms with van der Waals surface area (Å²) in [5, 5.41) is 5.82. The molecule has 0 fully saturated rings. The Morgan fingerprint density at radius 1 is 1.26 bits per heavy atom. The third kappa shape index (κ3) is 4.19. The van der Waals surface area contributed by atoms with Crippen molar-refractivity contribution in [1.29, 1.82) is 0 Å². The first-order valence-corrected chi connectivity index (χ1v) is 8.73. The molecule has 0 bridgehead atoms. The van der Waals surface area contributed by atoms with Crippen LogP contribution in [0.5, 0.6) is 5.75 Å². The summed E-state index contributed by atoms with van der Waals surface area (Å²) in [6, 6.07) is 10.7. The van der Waals surface area contributed by atoms with Crippen molar-refractivity contribution < 1.29 is 23.5 Å². The van der Waals surface area contributed by atoms with Gasteiger partial charge in [-0.05, 0) is 42.0 Å². The number of benzene rings is 1. The number of carbonyl (C=O) groups excluding carboxylic acids is 2. The lowest BCUT2D eigenvalue weighted by Gasteiger charge is -2.19. The molecule has 0 saturated carbocycles. The number of methoxy groups -OCH3 is 1. The van der Waals surface area contributed by atoms with Crippen molar-refractivity contribution in [2.24, 2.45) is 11.0 Å². The van der Waals surface area contributed by atoms with Gasteiger partial charge in [0, 0.05) is 6.42 Å². The fourth-order valence-corrected chi connectivity index (χ4v) is 2.77. The molecule has 1 aromatic carbocycles. The number of carbonyl (C=O) groups is 2. The number of nitrogens with zero attached hydrogens (tertiary/aromatic N) is 2. The van der Waals surface area contributed by atoms with Crippen LogP contribution >= 0.6 is 0 Å². The summed E-state index contributed by atoms with van der Waals surface area (Å²) in [4.78, 5) is 24.3. The van der Waals surface area contributed by atoms with Gasteiger partial charge in [0.25, 0.3) is 5.91 Å². The molecule has 7 nitrogen and oxygen atoms in total. The molecule has 2 aromatic rings. The number of esters is 1. The second-order valence-electron chi connectivity index (χ2n) is 6.51. The lowest BCUT2D eigenvalue weighted by Crippen LogP contribution is -2.31. The summed E-state index contributed by atoms with van der Waals surface area (Å²) in [5.74, 6) is 0.264. The Morgan fingerprint density at radius 2 is 2.00 bits per heavy atom. The summed E-state index contributed by atoms with van der Waals surface area (Å²) in [6.45, 7) is 3.08. The molecule has 0 aliphatic carbocycles. The number of hydrogen-bond donors (Lipinski definition) is 0. The van der Waals surface area contributed by atoms with Gasteiger partial charge in [0.15, 0.2) is 6.61 Å². The van der Waals surface area contributed by atoms with E-state index in [9.17, 15) is 9.59 Å². The molecule has 7 heteroatoms. The van der Waals surface area contributed by atoms with Crippen molar-refractivity contribution in [1.82, 2.24) is 5.01 Å². The van der Waals surface area contributed by atoms with Crippen LogP contribution in [-0.2, 0) is 14.3 Å². The maximum absolute atomic E-state index is 12.6. The van der Waals surface area contributed by atoms with Crippen LogP contribution in [0, 0.1) is 5.92 Å². The zero-order valence-corrected chi connectivity index (χ0v) is 15.5. The van der Waals surface area contributed by atoms with Gasteiger partial charge in [0.2, 0.25) is 0 Å². The monoisotopic (exact) mass is 370 g/mol. The SMILES string of the molecule is COc1ccc(C2=NN(C(=O)COC(=O)C(C)C)[C@H](c3ccco3)C2)cc1. The van der Waals surface area contributed by atoms with Crippen molar-refractivity contribution >= 4 is 17.6 Å². The predicted octanol–water partition coefficient (Wildman–Crippen LogP) is 3.17. The molecule has 1 aromatic heterocycles. The number of rotatable bonds is 6. The van der Waals surface area contributed by atoms with E-state index in [1.807, 2.05) is 24.3 Å². The van der Waals surface area contributed by atoms with Crippen LogP contribution < -0.4 is 4.74 Å². The molecule has 3 rings (SSSR count). The maximum Gasteiger partial charge on any atom is 0.308 e. The van der Waals surface area contributed by atoms with Crippen LogP contribution in [0.25, 0.3) is 0 Å². The molecule has 1 aliphatic heterocycles.